The van der Waals surface area contributed by atoms with E-state index in [1.807, 2.05) is 50.6 Å². The average molecular weight is 891 g/mol. The van der Waals surface area contributed by atoms with Crippen LogP contribution in [-0.2, 0) is 9.47 Å². The molecular formula is C48H65F3N8O5. The first-order valence-corrected chi connectivity index (χ1v) is 23.2. The van der Waals surface area contributed by atoms with E-state index in [-0.39, 0.29) is 41.1 Å². The van der Waals surface area contributed by atoms with E-state index in [0.29, 0.717) is 60.7 Å². The molecule has 6 heterocycles. The summed E-state index contributed by atoms with van der Waals surface area (Å²) < 4.78 is 69.3. The van der Waals surface area contributed by atoms with Crippen molar-refractivity contribution in [3.63, 3.8) is 0 Å². The Morgan fingerprint density at radius 3 is 2.38 bits per heavy atom. The molecule has 1 spiro atoms. The van der Waals surface area contributed by atoms with Crippen LogP contribution >= 0.6 is 0 Å². The van der Waals surface area contributed by atoms with Crippen LogP contribution < -0.4 is 14.4 Å². The Morgan fingerprint density at radius 1 is 1.00 bits per heavy atom. The van der Waals surface area contributed by atoms with Crippen molar-refractivity contribution in [2.45, 2.75) is 111 Å². The maximum atomic E-state index is 14.3. The number of fused-ring (bicyclic) bond motifs is 2. The van der Waals surface area contributed by atoms with Gasteiger partial charge in [0.25, 0.3) is 0 Å². The van der Waals surface area contributed by atoms with Crippen molar-refractivity contribution in [1.29, 1.82) is 0 Å². The summed E-state index contributed by atoms with van der Waals surface area (Å²) in [4.78, 5) is 31.8. The van der Waals surface area contributed by atoms with Gasteiger partial charge in [-0.05, 0) is 115 Å². The van der Waals surface area contributed by atoms with Crippen molar-refractivity contribution in [3.05, 3.63) is 42.1 Å². The number of carbonyl (C=O) groups is 1. The summed E-state index contributed by atoms with van der Waals surface area (Å²) in [7, 11) is 0. The van der Waals surface area contributed by atoms with E-state index in [1.54, 1.807) is 17.2 Å². The number of hydrogen-bond donors (Lipinski definition) is 0. The molecule has 1 amide bonds. The Bertz CT molecular complexity index is 2290. The second kappa shape index (κ2) is 18.7. The molecule has 348 valence electrons. The highest BCUT2D eigenvalue weighted by atomic mass is 19.4. The van der Waals surface area contributed by atoms with E-state index < -0.39 is 18.4 Å². The first-order chi connectivity index (χ1) is 30.6. The number of carbonyl (C=O) groups excluding carboxylic acids is 1. The van der Waals surface area contributed by atoms with Gasteiger partial charge in [0.1, 0.15) is 23.0 Å². The third-order valence-electron chi connectivity index (χ3n) is 13.5. The first kappa shape index (κ1) is 45.9. The van der Waals surface area contributed by atoms with Crippen LogP contribution in [0.2, 0.25) is 0 Å². The number of aromatic nitrogens is 4. The molecule has 8 rings (SSSR count). The lowest BCUT2D eigenvalue weighted by Crippen LogP contribution is -2.62. The summed E-state index contributed by atoms with van der Waals surface area (Å²) in [5, 5.41) is 6.08. The number of ether oxygens (including phenoxy) is 4. The number of amides is 1. The second-order valence-corrected chi connectivity index (χ2v) is 19.1. The standard InChI is InChI=1S/C48H65F3N8O5/c1-8-33-27-35-41(42(62-31-48(49,50)51)40(33)39-32(4)14-15-37-36(39)28-52-59(37)38-13-11-12-26-61-38)53-44(63-34-16-20-56(21-17-34)25-24-55(9-2)10-3)54-43(35)57-22-18-47(19-23-57)29-58(30-47)45(60)64-46(5,6)7/h8,14-15,27-28,34,38H,1,9-13,16-26,29-31H2,2-7H3. The van der Waals surface area contributed by atoms with E-state index in [9.17, 15) is 18.0 Å². The second-order valence-electron chi connectivity index (χ2n) is 19.1. The summed E-state index contributed by atoms with van der Waals surface area (Å²) in [5.74, 6) is 0.556. The number of likely N-dealkylation sites (tertiary alicyclic amines) is 2. The smallest absolute Gasteiger partial charge is 0.422 e. The van der Waals surface area contributed by atoms with E-state index >= 15 is 0 Å². The Morgan fingerprint density at radius 2 is 1.73 bits per heavy atom. The first-order valence-electron chi connectivity index (χ1n) is 23.2. The predicted molar refractivity (Wildman–Crippen MR) is 243 cm³/mol. The zero-order valence-corrected chi connectivity index (χ0v) is 38.4. The summed E-state index contributed by atoms with van der Waals surface area (Å²) in [6, 6.07) is 5.99. The van der Waals surface area contributed by atoms with Crippen molar-refractivity contribution in [2.75, 3.05) is 83.6 Å². The number of anilines is 1. The van der Waals surface area contributed by atoms with Gasteiger partial charge in [-0.1, -0.05) is 32.6 Å². The summed E-state index contributed by atoms with van der Waals surface area (Å²) in [6.45, 7) is 23.3. The molecule has 4 aliphatic rings. The maximum absolute atomic E-state index is 14.3. The van der Waals surface area contributed by atoms with E-state index in [4.69, 9.17) is 34.0 Å². The fraction of sp³-hybridized carbons (Fsp3) is 0.625. The van der Waals surface area contributed by atoms with Crippen LogP contribution in [0.4, 0.5) is 23.8 Å². The largest absolute Gasteiger partial charge is 0.481 e. The molecule has 0 N–H and O–H groups in total. The number of aryl methyl sites for hydroxylation is 1. The molecular weight excluding hydrogens is 826 g/mol. The molecule has 2 aromatic heterocycles. The van der Waals surface area contributed by atoms with Crippen LogP contribution in [0, 0.1) is 12.3 Å². The van der Waals surface area contributed by atoms with Crippen LogP contribution in [0.3, 0.4) is 0 Å². The number of nitrogens with zero attached hydrogens (tertiary/aromatic N) is 8. The number of likely N-dealkylation sites (N-methyl/N-ethyl adjacent to an activating group) is 1. The number of rotatable bonds is 13. The van der Waals surface area contributed by atoms with Crippen LogP contribution in [0.5, 0.6) is 11.8 Å². The fourth-order valence-electron chi connectivity index (χ4n) is 9.89. The van der Waals surface area contributed by atoms with Crippen LogP contribution in [0.25, 0.3) is 39.0 Å². The molecule has 1 unspecified atom stereocenters. The maximum Gasteiger partial charge on any atom is 0.422 e. The highest BCUT2D eigenvalue weighted by Gasteiger charge is 2.48. The monoisotopic (exact) mass is 891 g/mol. The third-order valence-corrected chi connectivity index (χ3v) is 13.5. The molecule has 4 aliphatic heterocycles. The van der Waals surface area contributed by atoms with Crippen LogP contribution in [0.1, 0.15) is 96.9 Å². The topological polar surface area (TPSA) is 111 Å². The number of alkyl halides is 3. The van der Waals surface area contributed by atoms with Gasteiger partial charge in [-0.15, -0.1) is 0 Å². The minimum absolute atomic E-state index is 0.0119. The zero-order valence-electron chi connectivity index (χ0n) is 38.4. The van der Waals surface area contributed by atoms with Gasteiger partial charge in [-0.25, -0.2) is 9.48 Å². The van der Waals surface area contributed by atoms with Gasteiger partial charge >= 0.3 is 18.3 Å². The number of hydrogen-bond acceptors (Lipinski definition) is 11. The van der Waals surface area contributed by atoms with Crippen molar-refractivity contribution in [1.82, 2.24) is 34.4 Å². The lowest BCUT2D eigenvalue weighted by molar-refractivity contribution is -0.153. The molecule has 16 heteroatoms. The number of piperidine rings is 2. The van der Waals surface area contributed by atoms with Gasteiger partial charge in [0.2, 0.25) is 0 Å². The molecule has 0 aliphatic carbocycles. The van der Waals surface area contributed by atoms with Gasteiger partial charge < -0.3 is 38.5 Å². The Balaban J connectivity index is 1.19. The van der Waals surface area contributed by atoms with Gasteiger partial charge in [0, 0.05) is 80.7 Å². The molecule has 1 atom stereocenters. The summed E-state index contributed by atoms with van der Waals surface area (Å²) >= 11 is 0. The van der Waals surface area contributed by atoms with Crippen molar-refractivity contribution < 1.29 is 36.9 Å². The van der Waals surface area contributed by atoms with E-state index in [1.165, 1.54) is 0 Å². The molecule has 64 heavy (non-hydrogen) atoms. The van der Waals surface area contributed by atoms with Gasteiger partial charge in [0.05, 0.1) is 11.7 Å². The minimum atomic E-state index is -4.64. The summed E-state index contributed by atoms with van der Waals surface area (Å²) in [5.41, 5.74) is 2.96. The average Bonchev–Trinajstić information content (AvgIpc) is 3.69. The number of halogens is 3. The van der Waals surface area contributed by atoms with Crippen LogP contribution in [0.15, 0.2) is 31.0 Å². The molecule has 13 nitrogen and oxygen atoms in total. The molecule has 4 aromatic rings. The van der Waals surface area contributed by atoms with Gasteiger partial charge in [-0.3, -0.25) is 0 Å². The quantitative estimate of drug-likeness (QED) is 0.128. The lowest BCUT2D eigenvalue weighted by atomic mass is 9.72. The van der Waals surface area contributed by atoms with Crippen molar-refractivity contribution in [3.8, 4) is 22.9 Å². The third kappa shape index (κ3) is 9.93. The SMILES string of the molecule is C=Cc1cc2c(N3CCC4(CC3)CN(C(=O)OC(C)(C)C)C4)nc(OC3CCN(CCN(CC)CC)CC3)nc2c(OCC(F)(F)F)c1-c1c(C)ccc2c1cnn2C1CCCCO1. The normalized spacial score (nSPS) is 20.0. The predicted octanol–water partition coefficient (Wildman–Crippen LogP) is 9.26. The fourth-order valence-corrected chi connectivity index (χ4v) is 9.89. The van der Waals surface area contributed by atoms with E-state index in [0.717, 1.165) is 101 Å². The number of benzene rings is 2. The Labute approximate surface area is 374 Å². The minimum Gasteiger partial charge on any atom is -0.481 e. The van der Waals surface area contributed by atoms with Crippen molar-refractivity contribution in [2.24, 2.45) is 5.41 Å². The zero-order chi connectivity index (χ0) is 45.4. The molecule has 0 bridgehead atoms. The molecule has 0 radical (unpaired) electrons. The van der Waals surface area contributed by atoms with Gasteiger partial charge in [-0.2, -0.15) is 28.2 Å². The molecule has 4 saturated heterocycles. The van der Waals surface area contributed by atoms with Gasteiger partial charge in [0.15, 0.2) is 18.6 Å². The molecule has 0 saturated carbocycles. The van der Waals surface area contributed by atoms with Crippen LogP contribution in [-0.4, -0.2) is 137 Å². The summed E-state index contributed by atoms with van der Waals surface area (Å²) in [6.07, 6.45) is 3.99. The Kier molecular flexibility index (Phi) is 13.4. The highest BCUT2D eigenvalue weighted by Crippen LogP contribution is 2.48. The molecule has 4 fully saturated rings. The van der Waals surface area contributed by atoms with E-state index in [2.05, 4.69) is 35.1 Å². The molecule has 2 aromatic carbocycles. The lowest BCUT2D eigenvalue weighted by Gasteiger charge is -2.53. The highest BCUT2D eigenvalue weighted by molar-refractivity contribution is 6.07. The van der Waals surface area contributed by atoms with Crippen molar-refractivity contribution >= 4 is 39.8 Å². The Hall–Kier alpha value is -4.67.